The van der Waals surface area contributed by atoms with E-state index in [4.69, 9.17) is 4.74 Å². The Balaban J connectivity index is 1.94. The predicted octanol–water partition coefficient (Wildman–Crippen LogP) is 3.52. The molecular formula is C21H20F3NO4. The van der Waals surface area contributed by atoms with Crippen molar-refractivity contribution in [1.82, 2.24) is 5.32 Å². The average molecular weight is 407 g/mol. The summed E-state index contributed by atoms with van der Waals surface area (Å²) in [5, 5.41) is 12.6. The van der Waals surface area contributed by atoms with Gasteiger partial charge >= 0.3 is 6.36 Å². The predicted molar refractivity (Wildman–Crippen MR) is 101 cm³/mol. The summed E-state index contributed by atoms with van der Waals surface area (Å²) in [4.78, 5) is 11.4. The van der Waals surface area contributed by atoms with E-state index in [9.17, 15) is 23.1 Å². The molecule has 8 heteroatoms. The van der Waals surface area contributed by atoms with Gasteiger partial charge in [0.15, 0.2) is 0 Å². The standard InChI is InChI=1S/C21H20F3NO4/c1-2-19(27)25-9-7-14-11-17(20-16(8-10-28-20)18(14)12-26)13-3-5-15(6-4-13)29-21(22,23)24/h2-6,11,26H,1,7-10,12H2,(H,25,27). The summed E-state index contributed by atoms with van der Waals surface area (Å²) in [6.45, 7) is 4.05. The molecule has 0 radical (unpaired) electrons. The van der Waals surface area contributed by atoms with Crippen LogP contribution in [-0.2, 0) is 24.2 Å². The molecule has 1 heterocycles. The molecule has 0 aliphatic carbocycles. The van der Waals surface area contributed by atoms with Crippen LogP contribution in [0.15, 0.2) is 43.0 Å². The Morgan fingerprint density at radius 2 is 2.03 bits per heavy atom. The number of fused-ring (bicyclic) bond motifs is 1. The van der Waals surface area contributed by atoms with Gasteiger partial charge < -0.3 is 19.9 Å². The normalized spacial score (nSPS) is 12.8. The van der Waals surface area contributed by atoms with E-state index in [1.807, 2.05) is 6.07 Å². The molecule has 3 rings (SSSR count). The molecule has 5 nitrogen and oxygen atoms in total. The number of ether oxygens (including phenoxy) is 2. The summed E-state index contributed by atoms with van der Waals surface area (Å²) >= 11 is 0. The fourth-order valence-electron chi connectivity index (χ4n) is 3.37. The molecule has 0 unspecified atom stereocenters. The molecule has 1 aliphatic heterocycles. The van der Waals surface area contributed by atoms with Gasteiger partial charge in [0.25, 0.3) is 0 Å². The number of aliphatic hydroxyl groups excluding tert-OH is 1. The van der Waals surface area contributed by atoms with Crippen molar-refractivity contribution in [1.29, 1.82) is 0 Å². The van der Waals surface area contributed by atoms with Gasteiger partial charge in [0.1, 0.15) is 11.5 Å². The van der Waals surface area contributed by atoms with E-state index < -0.39 is 6.36 Å². The molecule has 0 fully saturated rings. The van der Waals surface area contributed by atoms with Crippen molar-refractivity contribution >= 4 is 5.91 Å². The van der Waals surface area contributed by atoms with E-state index in [-0.39, 0.29) is 18.3 Å². The van der Waals surface area contributed by atoms with Gasteiger partial charge in [-0.1, -0.05) is 18.7 Å². The molecule has 0 bridgehead atoms. The monoisotopic (exact) mass is 407 g/mol. The maximum atomic E-state index is 12.4. The minimum Gasteiger partial charge on any atom is -0.492 e. The van der Waals surface area contributed by atoms with Crippen LogP contribution in [0.2, 0.25) is 0 Å². The van der Waals surface area contributed by atoms with E-state index >= 15 is 0 Å². The fourth-order valence-corrected chi connectivity index (χ4v) is 3.37. The van der Waals surface area contributed by atoms with Crippen molar-refractivity contribution in [3.63, 3.8) is 0 Å². The van der Waals surface area contributed by atoms with Crippen molar-refractivity contribution in [2.75, 3.05) is 13.2 Å². The molecule has 1 amide bonds. The third kappa shape index (κ3) is 4.89. The summed E-state index contributed by atoms with van der Waals surface area (Å²) < 4.78 is 46.8. The fraction of sp³-hybridized carbons (Fsp3) is 0.286. The number of rotatable bonds is 7. The second-order valence-electron chi connectivity index (χ2n) is 6.44. The van der Waals surface area contributed by atoms with Gasteiger partial charge in [-0.05, 0) is 47.4 Å². The Morgan fingerprint density at radius 1 is 1.31 bits per heavy atom. The summed E-state index contributed by atoms with van der Waals surface area (Å²) in [7, 11) is 0. The molecule has 29 heavy (non-hydrogen) atoms. The Kier molecular flexibility index (Phi) is 6.12. The number of aliphatic hydroxyl groups is 1. The maximum Gasteiger partial charge on any atom is 0.573 e. The molecule has 0 saturated heterocycles. The summed E-state index contributed by atoms with van der Waals surface area (Å²) in [6, 6.07) is 7.39. The van der Waals surface area contributed by atoms with Gasteiger partial charge in [-0.25, -0.2) is 0 Å². The molecule has 2 aromatic carbocycles. The number of hydrogen-bond donors (Lipinski definition) is 2. The van der Waals surface area contributed by atoms with Crippen LogP contribution in [0.25, 0.3) is 11.1 Å². The third-order valence-corrected chi connectivity index (χ3v) is 4.62. The van der Waals surface area contributed by atoms with Crippen LogP contribution < -0.4 is 14.8 Å². The molecule has 1 aliphatic rings. The van der Waals surface area contributed by atoms with Gasteiger partial charge in [0.2, 0.25) is 5.91 Å². The van der Waals surface area contributed by atoms with E-state index in [0.29, 0.717) is 37.3 Å². The van der Waals surface area contributed by atoms with Crippen molar-refractivity contribution in [3.05, 3.63) is 59.7 Å². The van der Waals surface area contributed by atoms with Gasteiger partial charge in [-0.15, -0.1) is 13.2 Å². The summed E-state index contributed by atoms with van der Waals surface area (Å²) in [5.41, 5.74) is 3.86. The molecule has 2 aromatic rings. The van der Waals surface area contributed by atoms with Crippen LogP contribution in [0.1, 0.15) is 16.7 Å². The van der Waals surface area contributed by atoms with Gasteiger partial charge in [-0.2, -0.15) is 0 Å². The zero-order valence-corrected chi connectivity index (χ0v) is 15.5. The molecule has 0 atom stereocenters. The summed E-state index contributed by atoms with van der Waals surface area (Å²) in [6.07, 6.45) is -2.47. The highest BCUT2D eigenvalue weighted by Gasteiger charge is 2.31. The van der Waals surface area contributed by atoms with Crippen LogP contribution in [0.4, 0.5) is 13.2 Å². The lowest BCUT2D eigenvalue weighted by atomic mass is 9.91. The van der Waals surface area contributed by atoms with Crippen LogP contribution in [0, 0.1) is 0 Å². The summed E-state index contributed by atoms with van der Waals surface area (Å²) in [5.74, 6) is 0.0242. The van der Waals surface area contributed by atoms with Crippen molar-refractivity contribution < 1.29 is 32.5 Å². The van der Waals surface area contributed by atoms with Crippen molar-refractivity contribution in [2.45, 2.75) is 25.8 Å². The quantitative estimate of drug-likeness (QED) is 0.690. The average Bonchev–Trinajstić information content (AvgIpc) is 3.16. The molecule has 0 aromatic heterocycles. The van der Waals surface area contributed by atoms with Gasteiger partial charge in [0, 0.05) is 24.1 Å². The van der Waals surface area contributed by atoms with Crippen LogP contribution >= 0.6 is 0 Å². The minimum atomic E-state index is -4.75. The Labute approximate surface area is 165 Å². The molecule has 0 saturated carbocycles. The number of halogens is 3. The van der Waals surface area contributed by atoms with Crippen LogP contribution in [-0.4, -0.2) is 30.5 Å². The number of nitrogens with one attached hydrogen (secondary N) is 1. The first-order valence-corrected chi connectivity index (χ1v) is 9.00. The first kappa shape index (κ1) is 20.7. The smallest absolute Gasteiger partial charge is 0.492 e. The second kappa shape index (κ2) is 8.57. The largest absolute Gasteiger partial charge is 0.573 e. The topological polar surface area (TPSA) is 67.8 Å². The zero-order chi connectivity index (χ0) is 21.0. The molecule has 0 spiro atoms. The Bertz CT molecular complexity index is 908. The first-order valence-electron chi connectivity index (χ1n) is 9.00. The van der Waals surface area contributed by atoms with Crippen molar-refractivity contribution in [2.24, 2.45) is 0 Å². The van der Waals surface area contributed by atoms with Crippen LogP contribution in [0.3, 0.4) is 0 Å². The van der Waals surface area contributed by atoms with Gasteiger partial charge in [-0.3, -0.25) is 4.79 Å². The number of carbonyl (C=O) groups is 1. The highest BCUT2D eigenvalue weighted by Crippen LogP contribution is 2.41. The lowest BCUT2D eigenvalue weighted by Crippen LogP contribution is -2.23. The van der Waals surface area contributed by atoms with E-state index in [2.05, 4.69) is 16.6 Å². The lowest BCUT2D eigenvalue weighted by molar-refractivity contribution is -0.274. The SMILES string of the molecule is C=CC(=O)NCCc1cc(-c2ccc(OC(F)(F)F)cc2)c2c(c1CO)CCO2. The second-order valence-corrected chi connectivity index (χ2v) is 6.44. The first-order chi connectivity index (χ1) is 13.8. The highest BCUT2D eigenvalue weighted by atomic mass is 19.4. The number of benzene rings is 2. The molecular weight excluding hydrogens is 387 g/mol. The molecule has 2 N–H and O–H groups in total. The van der Waals surface area contributed by atoms with E-state index in [1.165, 1.54) is 30.3 Å². The number of carbonyl (C=O) groups excluding carboxylic acids is 1. The molecule has 154 valence electrons. The number of amides is 1. The Hall–Kier alpha value is -3.00. The minimum absolute atomic E-state index is 0.172. The number of alkyl halides is 3. The van der Waals surface area contributed by atoms with E-state index in [1.54, 1.807) is 0 Å². The van der Waals surface area contributed by atoms with Crippen LogP contribution in [0.5, 0.6) is 11.5 Å². The zero-order valence-electron chi connectivity index (χ0n) is 15.5. The lowest BCUT2D eigenvalue weighted by Gasteiger charge is -2.17. The van der Waals surface area contributed by atoms with Gasteiger partial charge in [0.05, 0.1) is 13.2 Å². The number of hydrogen-bond acceptors (Lipinski definition) is 4. The Morgan fingerprint density at radius 3 is 2.66 bits per heavy atom. The highest BCUT2D eigenvalue weighted by molar-refractivity contribution is 5.86. The maximum absolute atomic E-state index is 12.4. The van der Waals surface area contributed by atoms with Crippen molar-refractivity contribution in [3.8, 4) is 22.6 Å². The third-order valence-electron chi connectivity index (χ3n) is 4.62. The van der Waals surface area contributed by atoms with E-state index in [0.717, 1.165) is 22.3 Å².